The summed E-state index contributed by atoms with van der Waals surface area (Å²) < 4.78 is 0. The Kier molecular flexibility index (Phi) is 5.97. The molecule has 2 unspecified atom stereocenters. The Bertz CT molecular complexity index is 333. The van der Waals surface area contributed by atoms with Crippen LogP contribution in [0.4, 0.5) is 0 Å². The van der Waals surface area contributed by atoms with E-state index in [9.17, 15) is 19.2 Å². The predicted molar refractivity (Wildman–Crippen MR) is 63.6 cm³/mol. The molecule has 0 aliphatic carbocycles. The lowest BCUT2D eigenvalue weighted by Gasteiger charge is -2.27. The molecule has 2 atom stereocenters. The molecule has 0 heterocycles. The van der Waals surface area contributed by atoms with Crippen molar-refractivity contribution in [3.05, 3.63) is 0 Å². The number of carboxylic acids is 2. The minimum atomic E-state index is -1.77. The van der Waals surface area contributed by atoms with Crippen molar-refractivity contribution in [1.29, 1.82) is 0 Å². The molecule has 0 bridgehead atoms. The standard InChI is InChI=1S/C11H18N2O6/c1-4(2)3-5(6(8(12)14)10(16)17)7(9(13)15)11(18)19/h4-7H,3H2,1-2H3,(H2,12,14)(H2,13,15)(H,16,17)(H,18,19). The van der Waals surface area contributed by atoms with E-state index in [0.29, 0.717) is 0 Å². The number of carbonyl (C=O) groups excluding carboxylic acids is 2. The monoisotopic (exact) mass is 274 g/mol. The summed E-state index contributed by atoms with van der Waals surface area (Å²) in [6, 6.07) is 0. The topological polar surface area (TPSA) is 161 Å². The average molecular weight is 274 g/mol. The van der Waals surface area contributed by atoms with Crippen LogP contribution in [0.15, 0.2) is 0 Å². The van der Waals surface area contributed by atoms with E-state index in [-0.39, 0.29) is 12.3 Å². The van der Waals surface area contributed by atoms with Gasteiger partial charge in [-0.1, -0.05) is 13.8 Å². The van der Waals surface area contributed by atoms with Crippen LogP contribution in [0.25, 0.3) is 0 Å². The third-order valence-electron chi connectivity index (χ3n) is 2.75. The average Bonchev–Trinajstić information content (AvgIpc) is 2.12. The Morgan fingerprint density at radius 3 is 1.37 bits per heavy atom. The smallest absolute Gasteiger partial charge is 0.316 e. The predicted octanol–water partition coefficient (Wildman–Crippen LogP) is -0.979. The summed E-state index contributed by atoms with van der Waals surface area (Å²) in [5.74, 6) is -10.4. The van der Waals surface area contributed by atoms with Crippen LogP contribution in [0, 0.1) is 23.7 Å². The van der Waals surface area contributed by atoms with Crippen molar-refractivity contribution in [3.8, 4) is 0 Å². The lowest BCUT2D eigenvalue weighted by Crippen LogP contribution is -2.46. The molecular weight excluding hydrogens is 256 g/mol. The number of primary amides is 2. The van der Waals surface area contributed by atoms with Crippen molar-refractivity contribution < 1.29 is 29.4 Å². The Labute approximate surface area is 109 Å². The first kappa shape index (κ1) is 16.9. The number of aliphatic carboxylic acids is 2. The van der Waals surface area contributed by atoms with Gasteiger partial charge in [-0.05, 0) is 12.3 Å². The van der Waals surface area contributed by atoms with Gasteiger partial charge >= 0.3 is 11.9 Å². The third kappa shape index (κ3) is 4.57. The molecule has 0 radical (unpaired) electrons. The van der Waals surface area contributed by atoms with Crippen LogP contribution in [0.3, 0.4) is 0 Å². The van der Waals surface area contributed by atoms with E-state index in [2.05, 4.69) is 0 Å². The minimum absolute atomic E-state index is 0.0276. The van der Waals surface area contributed by atoms with Gasteiger partial charge in [0, 0.05) is 5.92 Å². The molecule has 8 heteroatoms. The number of carboxylic acid groups (broad SMARTS) is 2. The number of hydrogen-bond acceptors (Lipinski definition) is 4. The Morgan fingerprint density at radius 2 is 1.21 bits per heavy atom. The molecule has 0 rings (SSSR count). The van der Waals surface area contributed by atoms with Gasteiger partial charge in [-0.2, -0.15) is 0 Å². The second kappa shape index (κ2) is 6.72. The SMILES string of the molecule is CC(C)CC(C(C(N)=O)C(=O)O)C(C(N)=O)C(=O)O. The van der Waals surface area contributed by atoms with Gasteiger partial charge in [-0.3, -0.25) is 19.2 Å². The third-order valence-corrected chi connectivity index (χ3v) is 2.75. The highest BCUT2D eigenvalue weighted by Gasteiger charge is 2.44. The van der Waals surface area contributed by atoms with Gasteiger partial charge in [-0.15, -0.1) is 0 Å². The van der Waals surface area contributed by atoms with Gasteiger partial charge in [0.2, 0.25) is 11.8 Å². The van der Waals surface area contributed by atoms with Crippen molar-refractivity contribution >= 4 is 23.8 Å². The fourth-order valence-electron chi connectivity index (χ4n) is 2.04. The summed E-state index contributed by atoms with van der Waals surface area (Å²) in [7, 11) is 0. The second-order valence-corrected chi connectivity index (χ2v) is 4.73. The normalized spacial score (nSPS) is 15.5. The molecule has 19 heavy (non-hydrogen) atoms. The minimum Gasteiger partial charge on any atom is -0.481 e. The number of rotatable bonds is 8. The quantitative estimate of drug-likeness (QED) is 0.416. The van der Waals surface area contributed by atoms with Crippen LogP contribution in [0.2, 0.25) is 0 Å². The van der Waals surface area contributed by atoms with Gasteiger partial charge in [-0.25, -0.2) is 0 Å². The van der Waals surface area contributed by atoms with E-state index in [0.717, 1.165) is 0 Å². The lowest BCUT2D eigenvalue weighted by atomic mass is 9.75. The number of carbonyl (C=O) groups is 4. The summed E-state index contributed by atoms with van der Waals surface area (Å²) in [5, 5.41) is 18.0. The van der Waals surface area contributed by atoms with E-state index in [1.54, 1.807) is 13.8 Å². The van der Waals surface area contributed by atoms with Crippen LogP contribution >= 0.6 is 0 Å². The molecule has 0 spiro atoms. The largest absolute Gasteiger partial charge is 0.481 e. The van der Waals surface area contributed by atoms with Crippen molar-refractivity contribution in [2.45, 2.75) is 20.3 Å². The maximum atomic E-state index is 11.2. The van der Waals surface area contributed by atoms with Gasteiger partial charge in [0.15, 0.2) is 0 Å². The highest BCUT2D eigenvalue weighted by Crippen LogP contribution is 2.29. The van der Waals surface area contributed by atoms with Gasteiger partial charge in [0.1, 0.15) is 11.8 Å². The molecule has 0 aromatic rings. The van der Waals surface area contributed by atoms with E-state index < -0.39 is 41.5 Å². The summed E-state index contributed by atoms with van der Waals surface area (Å²) in [4.78, 5) is 44.6. The molecule has 0 aliphatic heterocycles. The Hall–Kier alpha value is -2.12. The van der Waals surface area contributed by atoms with Gasteiger partial charge in [0.25, 0.3) is 0 Å². The number of nitrogens with two attached hydrogens (primary N) is 2. The molecule has 0 fully saturated rings. The summed E-state index contributed by atoms with van der Waals surface area (Å²) in [6.45, 7) is 3.40. The highest BCUT2D eigenvalue weighted by molar-refractivity contribution is 6.01. The molecule has 108 valence electrons. The molecule has 0 aliphatic rings. The van der Waals surface area contributed by atoms with Crippen LogP contribution in [-0.4, -0.2) is 34.0 Å². The van der Waals surface area contributed by atoms with Crippen molar-refractivity contribution in [3.63, 3.8) is 0 Å². The van der Waals surface area contributed by atoms with Gasteiger partial charge in [0.05, 0.1) is 0 Å². The van der Waals surface area contributed by atoms with Crippen LogP contribution in [-0.2, 0) is 19.2 Å². The molecule has 2 amide bonds. The maximum Gasteiger partial charge on any atom is 0.316 e. The summed E-state index contributed by atoms with van der Waals surface area (Å²) >= 11 is 0. The Morgan fingerprint density at radius 1 is 0.895 bits per heavy atom. The number of amides is 2. The second-order valence-electron chi connectivity index (χ2n) is 4.73. The lowest BCUT2D eigenvalue weighted by molar-refractivity contribution is -0.155. The Balaban J connectivity index is 5.62. The highest BCUT2D eigenvalue weighted by atomic mass is 16.4. The maximum absolute atomic E-state index is 11.2. The fraction of sp³-hybridized carbons (Fsp3) is 0.636. The first-order valence-corrected chi connectivity index (χ1v) is 5.63. The molecule has 6 N–H and O–H groups in total. The van der Waals surface area contributed by atoms with Crippen LogP contribution in [0.5, 0.6) is 0 Å². The molecule has 0 aromatic carbocycles. The molecular formula is C11H18N2O6. The zero-order chi connectivity index (χ0) is 15.3. The van der Waals surface area contributed by atoms with Crippen molar-refractivity contribution in [2.75, 3.05) is 0 Å². The fourth-order valence-corrected chi connectivity index (χ4v) is 2.04. The van der Waals surface area contributed by atoms with Crippen molar-refractivity contribution in [1.82, 2.24) is 0 Å². The zero-order valence-electron chi connectivity index (χ0n) is 10.7. The summed E-state index contributed by atoms with van der Waals surface area (Å²) in [5.41, 5.74) is 9.98. The van der Waals surface area contributed by atoms with E-state index in [1.807, 2.05) is 0 Å². The first-order valence-electron chi connectivity index (χ1n) is 5.63. The van der Waals surface area contributed by atoms with Crippen molar-refractivity contribution in [2.24, 2.45) is 35.1 Å². The molecule has 0 saturated carbocycles. The molecule has 8 nitrogen and oxygen atoms in total. The van der Waals surface area contributed by atoms with Crippen LogP contribution < -0.4 is 11.5 Å². The van der Waals surface area contributed by atoms with E-state index >= 15 is 0 Å². The van der Waals surface area contributed by atoms with E-state index in [1.165, 1.54) is 0 Å². The van der Waals surface area contributed by atoms with Gasteiger partial charge < -0.3 is 21.7 Å². The summed E-state index contributed by atoms with van der Waals surface area (Å²) in [6.07, 6.45) is 0.0276. The zero-order valence-corrected chi connectivity index (χ0v) is 10.7. The first-order chi connectivity index (χ1) is 8.59. The molecule has 0 aromatic heterocycles. The molecule has 0 saturated heterocycles. The van der Waals surface area contributed by atoms with Crippen LogP contribution in [0.1, 0.15) is 20.3 Å². The number of hydrogen-bond donors (Lipinski definition) is 4. The van der Waals surface area contributed by atoms with E-state index in [4.69, 9.17) is 21.7 Å².